The van der Waals surface area contributed by atoms with E-state index in [0.29, 0.717) is 11.3 Å². The topological polar surface area (TPSA) is 69.0 Å². The molecule has 2 aromatic heterocycles. The van der Waals surface area contributed by atoms with Crippen LogP contribution in [-0.2, 0) is 13.6 Å². The third-order valence-corrected chi connectivity index (χ3v) is 3.44. The maximum absolute atomic E-state index is 13.7. The number of carbonyl (C=O) groups excluding carboxylic acids is 1. The molecule has 1 N–H and O–H groups in total. The number of aryl methyl sites for hydroxylation is 1. The van der Waals surface area contributed by atoms with E-state index in [2.05, 4.69) is 15.3 Å². The number of hydrogen-bond acceptors (Lipinski definition) is 4. The molecular weight excluding hydrogens is 330 g/mol. The van der Waals surface area contributed by atoms with E-state index < -0.39 is 11.6 Å². The van der Waals surface area contributed by atoms with Gasteiger partial charge < -0.3 is 14.6 Å². The van der Waals surface area contributed by atoms with Gasteiger partial charge in [0.25, 0.3) is 5.91 Å². The highest BCUT2D eigenvalue weighted by Gasteiger charge is 2.13. The lowest BCUT2D eigenvalue weighted by Gasteiger charge is -2.11. The number of rotatable bonds is 5. The summed E-state index contributed by atoms with van der Waals surface area (Å²) in [4.78, 5) is 20.1. The molecule has 2 heterocycles. The van der Waals surface area contributed by atoms with E-state index in [-0.39, 0.29) is 24.1 Å². The van der Waals surface area contributed by atoms with Crippen molar-refractivity contribution in [2.24, 2.45) is 7.05 Å². The van der Waals surface area contributed by atoms with Crippen molar-refractivity contribution < 1.29 is 18.3 Å². The number of nitrogens with one attached hydrogen (secondary N) is 1. The number of benzene rings is 1. The summed E-state index contributed by atoms with van der Waals surface area (Å²) in [5.41, 5.74) is 0.942. The summed E-state index contributed by atoms with van der Waals surface area (Å²) in [6.45, 7) is 0.121. The molecule has 0 aliphatic carbocycles. The second-order valence-corrected chi connectivity index (χ2v) is 5.22. The van der Waals surface area contributed by atoms with Crippen molar-refractivity contribution in [3.8, 4) is 11.6 Å². The molecule has 1 amide bonds. The number of ether oxygens (including phenoxy) is 1. The SMILES string of the molecule is Cn1cncc1C(=O)NCc1cccnc1Oc1ccc(F)cc1F. The lowest BCUT2D eigenvalue weighted by atomic mass is 10.2. The Morgan fingerprint density at radius 2 is 2.16 bits per heavy atom. The summed E-state index contributed by atoms with van der Waals surface area (Å²) >= 11 is 0. The molecule has 6 nitrogen and oxygen atoms in total. The van der Waals surface area contributed by atoms with Crippen molar-refractivity contribution in [3.05, 3.63) is 71.9 Å². The third kappa shape index (κ3) is 3.79. The van der Waals surface area contributed by atoms with E-state index in [4.69, 9.17) is 4.74 Å². The van der Waals surface area contributed by atoms with Gasteiger partial charge in [-0.05, 0) is 18.2 Å². The molecule has 25 heavy (non-hydrogen) atoms. The van der Waals surface area contributed by atoms with Crippen molar-refractivity contribution in [1.29, 1.82) is 0 Å². The van der Waals surface area contributed by atoms with Crippen LogP contribution >= 0.6 is 0 Å². The normalized spacial score (nSPS) is 10.5. The fourth-order valence-corrected chi connectivity index (χ4v) is 2.15. The zero-order chi connectivity index (χ0) is 17.8. The molecule has 0 aliphatic heterocycles. The molecule has 0 aliphatic rings. The fraction of sp³-hybridized carbons (Fsp3) is 0.118. The van der Waals surface area contributed by atoms with Crippen LogP contribution in [0.15, 0.2) is 49.1 Å². The lowest BCUT2D eigenvalue weighted by Crippen LogP contribution is -2.25. The Kier molecular flexibility index (Phi) is 4.69. The molecule has 3 aromatic rings. The van der Waals surface area contributed by atoms with Crippen LogP contribution in [0, 0.1) is 11.6 Å². The second kappa shape index (κ2) is 7.08. The average Bonchev–Trinajstić information content (AvgIpc) is 3.02. The number of amides is 1. The van der Waals surface area contributed by atoms with Crippen molar-refractivity contribution in [1.82, 2.24) is 19.9 Å². The van der Waals surface area contributed by atoms with Crippen LogP contribution in [0.1, 0.15) is 16.1 Å². The number of carbonyl (C=O) groups is 1. The van der Waals surface area contributed by atoms with Gasteiger partial charge in [0.05, 0.1) is 12.5 Å². The first kappa shape index (κ1) is 16.6. The van der Waals surface area contributed by atoms with E-state index in [1.165, 1.54) is 24.8 Å². The van der Waals surface area contributed by atoms with Crippen LogP contribution in [0.5, 0.6) is 11.6 Å². The number of aromatic nitrogens is 3. The average molecular weight is 344 g/mol. The van der Waals surface area contributed by atoms with Crippen molar-refractivity contribution >= 4 is 5.91 Å². The Bertz CT molecular complexity index is 911. The van der Waals surface area contributed by atoms with Crippen molar-refractivity contribution in [3.63, 3.8) is 0 Å². The molecule has 0 spiro atoms. The monoisotopic (exact) mass is 344 g/mol. The van der Waals surface area contributed by atoms with Crippen LogP contribution in [0.4, 0.5) is 8.78 Å². The second-order valence-electron chi connectivity index (χ2n) is 5.22. The van der Waals surface area contributed by atoms with Crippen LogP contribution in [0.2, 0.25) is 0 Å². The smallest absolute Gasteiger partial charge is 0.269 e. The Hall–Kier alpha value is -3.29. The molecule has 0 atom stereocenters. The van der Waals surface area contributed by atoms with E-state index in [0.717, 1.165) is 12.1 Å². The van der Waals surface area contributed by atoms with E-state index >= 15 is 0 Å². The quantitative estimate of drug-likeness (QED) is 0.773. The maximum atomic E-state index is 13.7. The number of hydrogen-bond donors (Lipinski definition) is 1. The highest BCUT2D eigenvalue weighted by molar-refractivity contribution is 5.92. The number of halogens is 2. The molecule has 3 rings (SSSR count). The molecular formula is C17H14F2N4O2. The van der Waals surface area contributed by atoms with E-state index in [1.807, 2.05) is 0 Å². The molecule has 0 radical (unpaired) electrons. The number of nitrogens with zero attached hydrogens (tertiary/aromatic N) is 3. The van der Waals surface area contributed by atoms with Gasteiger partial charge in [-0.25, -0.2) is 18.7 Å². The Morgan fingerprint density at radius 1 is 1.32 bits per heavy atom. The molecule has 0 bridgehead atoms. The predicted octanol–water partition coefficient (Wildman–Crippen LogP) is 2.82. The van der Waals surface area contributed by atoms with Crippen molar-refractivity contribution in [2.75, 3.05) is 0 Å². The zero-order valence-electron chi connectivity index (χ0n) is 13.2. The van der Waals surface area contributed by atoms with Gasteiger partial charge in [-0.2, -0.15) is 0 Å². The van der Waals surface area contributed by atoms with Crippen LogP contribution < -0.4 is 10.1 Å². The first-order valence-electron chi connectivity index (χ1n) is 7.36. The highest BCUT2D eigenvalue weighted by Crippen LogP contribution is 2.26. The summed E-state index contributed by atoms with van der Waals surface area (Å²) in [5, 5.41) is 2.72. The molecule has 128 valence electrons. The Labute approximate surface area is 142 Å². The summed E-state index contributed by atoms with van der Waals surface area (Å²) in [6.07, 6.45) is 4.44. The van der Waals surface area contributed by atoms with Gasteiger partial charge in [-0.1, -0.05) is 6.07 Å². The van der Waals surface area contributed by atoms with Crippen molar-refractivity contribution in [2.45, 2.75) is 6.54 Å². The Balaban J connectivity index is 1.75. The van der Waals surface area contributed by atoms with Crippen LogP contribution in [0.25, 0.3) is 0 Å². The minimum absolute atomic E-state index is 0.121. The van der Waals surface area contributed by atoms with Gasteiger partial charge in [-0.15, -0.1) is 0 Å². The van der Waals surface area contributed by atoms with Gasteiger partial charge in [-0.3, -0.25) is 4.79 Å². The fourth-order valence-electron chi connectivity index (χ4n) is 2.15. The molecule has 1 aromatic carbocycles. The minimum atomic E-state index is -0.837. The van der Waals surface area contributed by atoms with Gasteiger partial charge in [0, 0.05) is 31.4 Å². The number of pyridine rings is 1. The van der Waals surface area contributed by atoms with Crippen LogP contribution in [-0.4, -0.2) is 20.4 Å². The zero-order valence-corrected chi connectivity index (χ0v) is 13.2. The van der Waals surface area contributed by atoms with Crippen LogP contribution in [0.3, 0.4) is 0 Å². The molecule has 0 fully saturated rings. The largest absolute Gasteiger partial charge is 0.436 e. The number of imidazole rings is 1. The van der Waals surface area contributed by atoms with Gasteiger partial charge >= 0.3 is 0 Å². The lowest BCUT2D eigenvalue weighted by molar-refractivity contribution is 0.0942. The van der Waals surface area contributed by atoms with E-state index in [9.17, 15) is 13.6 Å². The third-order valence-electron chi connectivity index (χ3n) is 3.44. The summed E-state index contributed by atoms with van der Waals surface area (Å²) in [6, 6.07) is 6.34. The maximum Gasteiger partial charge on any atom is 0.269 e. The van der Waals surface area contributed by atoms with Gasteiger partial charge in [0.2, 0.25) is 5.88 Å². The highest BCUT2D eigenvalue weighted by atomic mass is 19.1. The minimum Gasteiger partial charge on any atom is -0.436 e. The molecule has 0 unspecified atom stereocenters. The molecule has 0 saturated heterocycles. The summed E-state index contributed by atoms with van der Waals surface area (Å²) in [5.74, 6) is -1.88. The molecule has 8 heteroatoms. The predicted molar refractivity (Wildman–Crippen MR) is 85.0 cm³/mol. The first-order valence-corrected chi connectivity index (χ1v) is 7.36. The summed E-state index contributed by atoms with van der Waals surface area (Å²) in [7, 11) is 1.71. The first-order chi connectivity index (χ1) is 12.0. The van der Waals surface area contributed by atoms with Gasteiger partial charge in [0.15, 0.2) is 11.6 Å². The van der Waals surface area contributed by atoms with Gasteiger partial charge in [0.1, 0.15) is 11.5 Å². The standard InChI is InChI=1S/C17H14F2N4O2/c1-23-10-20-9-14(23)16(24)22-8-11-3-2-6-21-17(11)25-15-5-4-12(18)7-13(15)19/h2-7,9-10H,8H2,1H3,(H,22,24). The Morgan fingerprint density at radius 3 is 2.88 bits per heavy atom. The molecule has 0 saturated carbocycles. The van der Waals surface area contributed by atoms with E-state index in [1.54, 1.807) is 23.7 Å². The summed E-state index contributed by atoms with van der Waals surface area (Å²) < 4.78 is 33.7.